The third kappa shape index (κ3) is 10.7. The number of anilines is 3. The van der Waals surface area contributed by atoms with E-state index in [4.69, 9.17) is 29.7 Å². The number of para-hydroxylation sites is 1. The number of nitrogen functional groups attached to an aromatic ring is 1. The fourth-order valence-electron chi connectivity index (χ4n) is 10.3. The molecule has 0 spiro atoms. The Bertz CT molecular complexity index is 3080. The summed E-state index contributed by atoms with van der Waals surface area (Å²) in [5, 5.41) is 45.6. The van der Waals surface area contributed by atoms with Gasteiger partial charge in [-0.15, -0.1) is 10.2 Å². The van der Waals surface area contributed by atoms with Gasteiger partial charge in [-0.25, -0.2) is 15.0 Å². The number of hydrogen-bond acceptors (Lipinski definition) is 18. The predicted molar refractivity (Wildman–Crippen MR) is 270 cm³/mol. The van der Waals surface area contributed by atoms with Gasteiger partial charge in [0.15, 0.2) is 23.9 Å². The Morgan fingerprint density at radius 1 is 0.905 bits per heavy atom. The number of benzene rings is 2. The minimum absolute atomic E-state index is 0.00365. The van der Waals surface area contributed by atoms with Gasteiger partial charge in [-0.3, -0.25) is 9.59 Å². The van der Waals surface area contributed by atoms with Gasteiger partial charge in [0, 0.05) is 80.6 Å². The molecule has 4 fully saturated rings. The lowest BCUT2D eigenvalue weighted by molar-refractivity contribution is -0.141. The summed E-state index contributed by atoms with van der Waals surface area (Å²) in [5.74, 6) is 6.20. The van der Waals surface area contributed by atoms with E-state index in [1.807, 2.05) is 51.1 Å². The number of nitrogens with zero attached hydrogens (tertiary/aromatic N) is 10. The Morgan fingerprint density at radius 2 is 1.65 bits per heavy atom. The first-order valence-corrected chi connectivity index (χ1v) is 24.8. The second-order valence-corrected chi connectivity index (χ2v) is 19.5. The molecule has 1 aliphatic carbocycles. The van der Waals surface area contributed by atoms with E-state index in [-0.39, 0.29) is 84.8 Å². The number of phenolic OH excluding ortho intramolecular Hbond substituents is 1. The van der Waals surface area contributed by atoms with Gasteiger partial charge in [-0.1, -0.05) is 44.0 Å². The number of nitriles is 1. The standard InChI is InChI=1S/C54H56N12O8/c1-31(2)51(54(70)65-30-38(67)20-45(65)53(69)60-32(3)34-12-10-33(25-55)11-13-34)47-24-50(63-74-47)71-18-6-9-48-58-26-41(27-59-48)72-39-21-40(22-39)73-49-19-35(16-17-57-49)66-36-14-15-37(66)29-64(28-36)44-23-43(61-62-52(44)56)42-7-4-5-8-46(42)68/h4-5,7-8,10-13,16-17,19,23-24,26-27,31-32,36-40,45,51,67-68H,14-15,18,20-22,28-30H2,1-3H3,(H2,56,62)(H,60,69)/t32-,36+,37?,38+,39?,40?,45-,51+/m0/s1. The number of aliphatic hydroxyl groups excluding tert-OH is 1. The molecule has 4 aliphatic rings. The van der Waals surface area contributed by atoms with Crippen molar-refractivity contribution in [3.05, 3.63) is 114 Å². The summed E-state index contributed by atoms with van der Waals surface area (Å²) in [6, 6.07) is 22.8. The maximum atomic E-state index is 14.1. The van der Waals surface area contributed by atoms with Crippen LogP contribution in [0.2, 0.25) is 0 Å². The summed E-state index contributed by atoms with van der Waals surface area (Å²) in [6.45, 7) is 7.01. The fraction of sp³-hybridized carbons (Fsp3) is 0.389. The summed E-state index contributed by atoms with van der Waals surface area (Å²) in [5.41, 5.74) is 10.7. The number of amides is 2. The number of carbonyl (C=O) groups is 2. The highest BCUT2D eigenvalue weighted by atomic mass is 16.5. The smallest absolute Gasteiger partial charge is 0.255 e. The number of β-amino-alcohol motifs (C(OH)–C–C–N with tert-alkyl or cyclic N) is 1. The van der Waals surface area contributed by atoms with Crippen molar-refractivity contribution in [3.8, 4) is 52.4 Å². The molecule has 10 rings (SSSR count). The molecule has 5 N–H and O–H groups in total. The lowest BCUT2D eigenvalue weighted by atomic mass is 9.91. The number of ether oxygens (including phenoxy) is 3. The highest BCUT2D eigenvalue weighted by Gasteiger charge is 2.44. The first-order valence-electron chi connectivity index (χ1n) is 24.8. The molecule has 2 amide bonds. The van der Waals surface area contributed by atoms with Crippen LogP contribution in [-0.4, -0.2) is 120 Å². The van der Waals surface area contributed by atoms with Gasteiger partial charge in [-0.05, 0) is 78.7 Å². The molecule has 1 saturated carbocycles. The lowest BCUT2D eigenvalue weighted by Crippen LogP contribution is -2.54. The highest BCUT2D eigenvalue weighted by Crippen LogP contribution is 2.40. The SMILES string of the molecule is CC(C)[C@@H](C(=O)N1C[C@H](O)C[C@H]1C(=O)N[C@@H](C)c1ccc(C#N)cc1)c1cc(OCC#Cc2ncc(OC3CC(Oc4cc(N5C6CC[C@@H]5CN(c5cc(-c7ccccc7O)nnc5N)C6)ccn4)C3)cn2)no1. The van der Waals surface area contributed by atoms with Crippen LogP contribution in [0.3, 0.4) is 0 Å². The van der Waals surface area contributed by atoms with Crippen molar-refractivity contribution < 1.29 is 38.5 Å². The molecule has 3 aliphatic heterocycles. The van der Waals surface area contributed by atoms with Crippen molar-refractivity contribution in [3.63, 3.8) is 0 Å². The van der Waals surface area contributed by atoms with Gasteiger partial charge in [-0.2, -0.15) is 5.26 Å². The average molecular weight is 1000 g/mol. The van der Waals surface area contributed by atoms with Crippen LogP contribution >= 0.6 is 0 Å². The van der Waals surface area contributed by atoms with Gasteiger partial charge < -0.3 is 54.7 Å². The second kappa shape index (κ2) is 21.3. The molecule has 74 heavy (non-hydrogen) atoms. The van der Waals surface area contributed by atoms with Crippen LogP contribution in [0.1, 0.15) is 87.5 Å². The molecule has 6 atom stereocenters. The Labute approximate surface area is 427 Å². The third-order valence-corrected chi connectivity index (χ3v) is 14.1. The zero-order valence-corrected chi connectivity index (χ0v) is 41.1. The molecule has 2 aromatic carbocycles. The maximum Gasteiger partial charge on any atom is 0.255 e. The van der Waals surface area contributed by atoms with E-state index in [1.54, 1.807) is 55.0 Å². The summed E-state index contributed by atoms with van der Waals surface area (Å²) < 4.78 is 23.8. The zero-order chi connectivity index (χ0) is 51.5. The van der Waals surface area contributed by atoms with Crippen molar-refractivity contribution >= 4 is 29.0 Å². The number of aromatic nitrogens is 6. The van der Waals surface area contributed by atoms with Crippen LogP contribution in [-0.2, 0) is 9.59 Å². The van der Waals surface area contributed by atoms with Crippen LogP contribution in [0.25, 0.3) is 11.3 Å². The van der Waals surface area contributed by atoms with Crippen LogP contribution in [0.4, 0.5) is 17.2 Å². The number of aliphatic hydroxyl groups is 1. The quantitative estimate of drug-likeness (QED) is 0.0947. The minimum Gasteiger partial charge on any atom is -0.507 e. The third-order valence-electron chi connectivity index (χ3n) is 14.1. The molecule has 0 radical (unpaired) electrons. The Kier molecular flexibility index (Phi) is 14.1. The number of pyridine rings is 1. The maximum absolute atomic E-state index is 14.1. The highest BCUT2D eigenvalue weighted by molar-refractivity contribution is 5.91. The fourth-order valence-corrected chi connectivity index (χ4v) is 10.3. The van der Waals surface area contributed by atoms with Gasteiger partial charge in [0.1, 0.15) is 29.9 Å². The van der Waals surface area contributed by atoms with Gasteiger partial charge >= 0.3 is 0 Å². The van der Waals surface area contributed by atoms with Crippen molar-refractivity contribution in [1.29, 1.82) is 5.26 Å². The first-order chi connectivity index (χ1) is 35.9. The molecule has 4 aromatic heterocycles. The number of nitrogens with one attached hydrogen (secondary N) is 1. The molecule has 1 unspecified atom stereocenters. The number of nitrogens with two attached hydrogens (primary N) is 1. The minimum atomic E-state index is -0.889. The summed E-state index contributed by atoms with van der Waals surface area (Å²) in [4.78, 5) is 46.9. The number of hydrogen-bond donors (Lipinski definition) is 4. The van der Waals surface area contributed by atoms with Crippen LogP contribution < -0.4 is 35.1 Å². The van der Waals surface area contributed by atoms with E-state index in [0.717, 1.165) is 42.9 Å². The van der Waals surface area contributed by atoms with Crippen molar-refractivity contribution in [2.45, 2.75) is 101 Å². The molecular formula is C54H56N12O8. The van der Waals surface area contributed by atoms with E-state index in [2.05, 4.69) is 63.3 Å². The topological polar surface area (TPSA) is 264 Å². The molecule has 2 bridgehead atoms. The number of phenols is 1. The average Bonchev–Trinajstić information content (AvgIpc) is 4.10. The van der Waals surface area contributed by atoms with Crippen LogP contribution in [0.5, 0.6) is 23.3 Å². The predicted octanol–water partition coefficient (Wildman–Crippen LogP) is 5.33. The molecule has 6 aromatic rings. The Balaban J connectivity index is 0.672. The number of likely N-dealkylation sites (tertiary alicyclic amines) is 1. The molecule has 3 saturated heterocycles. The van der Waals surface area contributed by atoms with Crippen molar-refractivity contribution in [2.24, 2.45) is 5.92 Å². The molecule has 20 heteroatoms. The van der Waals surface area contributed by atoms with Crippen molar-refractivity contribution in [1.82, 2.24) is 40.5 Å². The van der Waals surface area contributed by atoms with E-state index in [1.165, 1.54) is 11.0 Å². The molecule has 20 nitrogen and oxygen atoms in total. The largest absolute Gasteiger partial charge is 0.507 e. The normalized spacial score (nSPS) is 21.7. The number of aromatic hydroxyl groups is 1. The number of rotatable bonds is 15. The monoisotopic (exact) mass is 1000 g/mol. The number of carbonyl (C=O) groups excluding carboxylic acids is 2. The van der Waals surface area contributed by atoms with E-state index in [9.17, 15) is 19.8 Å². The van der Waals surface area contributed by atoms with E-state index in [0.29, 0.717) is 47.1 Å². The lowest BCUT2D eigenvalue weighted by Gasteiger charge is -2.43. The number of piperazine rings is 1. The summed E-state index contributed by atoms with van der Waals surface area (Å²) >= 11 is 0. The van der Waals surface area contributed by atoms with E-state index < -0.39 is 24.1 Å². The van der Waals surface area contributed by atoms with Crippen molar-refractivity contribution in [2.75, 3.05) is 41.8 Å². The van der Waals surface area contributed by atoms with Gasteiger partial charge in [0.05, 0.1) is 47.6 Å². The van der Waals surface area contributed by atoms with Crippen LogP contribution in [0.15, 0.2) is 95.9 Å². The Hall–Kier alpha value is -8.49. The number of fused-ring (bicyclic) bond motifs is 2. The molecule has 7 heterocycles. The van der Waals surface area contributed by atoms with Gasteiger partial charge in [0.25, 0.3) is 5.88 Å². The Morgan fingerprint density at radius 3 is 2.38 bits per heavy atom. The van der Waals surface area contributed by atoms with Crippen LogP contribution in [0, 0.1) is 29.1 Å². The van der Waals surface area contributed by atoms with Gasteiger partial charge in [0.2, 0.25) is 23.5 Å². The molecular weight excluding hydrogens is 945 g/mol. The first kappa shape index (κ1) is 49.1. The summed E-state index contributed by atoms with van der Waals surface area (Å²) in [7, 11) is 0. The summed E-state index contributed by atoms with van der Waals surface area (Å²) in [6.07, 6.45) is 7.48. The zero-order valence-electron chi connectivity index (χ0n) is 41.1. The molecule has 380 valence electrons. The second-order valence-electron chi connectivity index (χ2n) is 19.5. The van der Waals surface area contributed by atoms with E-state index >= 15 is 0 Å².